The topological polar surface area (TPSA) is 48.5 Å². The Morgan fingerprint density at radius 1 is 1.14 bits per heavy atom. The summed E-state index contributed by atoms with van der Waals surface area (Å²) in [7, 11) is 2.16. The number of nitrogens with one attached hydrogen (secondary N) is 1. The van der Waals surface area contributed by atoms with Crippen LogP contribution in [0.1, 0.15) is 36.9 Å². The molecule has 1 saturated heterocycles. The van der Waals surface area contributed by atoms with Gasteiger partial charge in [-0.05, 0) is 49.7 Å². The van der Waals surface area contributed by atoms with Crippen molar-refractivity contribution in [3.63, 3.8) is 0 Å². The molecule has 28 heavy (non-hydrogen) atoms. The summed E-state index contributed by atoms with van der Waals surface area (Å²) in [6, 6.07) is 11.7. The van der Waals surface area contributed by atoms with E-state index in [9.17, 15) is 4.79 Å². The summed E-state index contributed by atoms with van der Waals surface area (Å²) in [6.45, 7) is 6.55. The Morgan fingerprint density at radius 2 is 1.86 bits per heavy atom. The van der Waals surface area contributed by atoms with Crippen LogP contribution in [0.25, 0.3) is 0 Å². The number of hydrogen-bond donors (Lipinski definition) is 1. The van der Waals surface area contributed by atoms with Crippen molar-refractivity contribution in [2.75, 3.05) is 33.2 Å². The predicted molar refractivity (Wildman–Crippen MR) is 113 cm³/mol. The van der Waals surface area contributed by atoms with Crippen LogP contribution in [0, 0.1) is 0 Å². The fraction of sp³-hybridized carbons (Fsp3) is 0.455. The molecule has 1 aliphatic rings. The van der Waals surface area contributed by atoms with Gasteiger partial charge in [-0.2, -0.15) is 0 Å². The Morgan fingerprint density at radius 3 is 2.50 bits per heavy atom. The lowest BCUT2D eigenvalue weighted by Crippen LogP contribution is -2.48. The van der Waals surface area contributed by atoms with Crippen molar-refractivity contribution in [2.45, 2.75) is 31.8 Å². The van der Waals surface area contributed by atoms with E-state index >= 15 is 0 Å². The van der Waals surface area contributed by atoms with Crippen LogP contribution in [0.5, 0.6) is 0 Å². The monoisotopic (exact) mass is 400 g/mol. The van der Waals surface area contributed by atoms with Crippen molar-refractivity contribution in [3.05, 3.63) is 64.9 Å². The van der Waals surface area contributed by atoms with E-state index in [1.54, 1.807) is 12.4 Å². The quantitative estimate of drug-likeness (QED) is 0.774. The Hall–Kier alpha value is -1.95. The van der Waals surface area contributed by atoms with Gasteiger partial charge in [-0.3, -0.25) is 14.7 Å². The zero-order chi connectivity index (χ0) is 19.9. The van der Waals surface area contributed by atoms with Gasteiger partial charge in [0.15, 0.2) is 0 Å². The van der Waals surface area contributed by atoms with Crippen LogP contribution in [0.2, 0.25) is 5.02 Å². The normalized spacial score (nSPS) is 17.8. The Labute approximate surface area is 172 Å². The number of carbonyl (C=O) groups excluding carboxylic acids is 1. The first-order chi connectivity index (χ1) is 13.5. The van der Waals surface area contributed by atoms with Crippen LogP contribution in [-0.4, -0.2) is 60.0 Å². The lowest BCUT2D eigenvalue weighted by Gasteiger charge is -2.36. The molecule has 1 fully saturated rings. The van der Waals surface area contributed by atoms with Crippen molar-refractivity contribution in [3.8, 4) is 0 Å². The van der Waals surface area contributed by atoms with E-state index < -0.39 is 0 Å². The number of likely N-dealkylation sites (N-methyl/N-ethyl adjacent to an activating group) is 1. The average Bonchev–Trinajstić information content (AvgIpc) is 2.72. The maximum Gasteiger partial charge on any atom is 0.220 e. The molecule has 1 aromatic carbocycles. The van der Waals surface area contributed by atoms with Crippen molar-refractivity contribution < 1.29 is 4.79 Å². The number of amides is 1. The summed E-state index contributed by atoms with van der Waals surface area (Å²) in [5, 5.41) is 3.87. The summed E-state index contributed by atoms with van der Waals surface area (Å²) in [5.41, 5.74) is 1.96. The molecule has 3 rings (SSSR count). The summed E-state index contributed by atoms with van der Waals surface area (Å²) < 4.78 is 0. The van der Waals surface area contributed by atoms with Gasteiger partial charge in [-0.1, -0.05) is 29.8 Å². The molecular formula is C22H29ClN4O. The molecule has 1 amide bonds. The first-order valence-electron chi connectivity index (χ1n) is 9.90. The van der Waals surface area contributed by atoms with E-state index in [0.29, 0.717) is 17.5 Å². The molecule has 0 spiro atoms. The Balaban J connectivity index is 1.60. The van der Waals surface area contributed by atoms with Gasteiger partial charge in [0, 0.05) is 56.1 Å². The number of aromatic nitrogens is 1. The van der Waals surface area contributed by atoms with Gasteiger partial charge in [-0.25, -0.2) is 0 Å². The van der Waals surface area contributed by atoms with E-state index in [1.165, 1.54) is 0 Å². The molecule has 2 aromatic rings. The molecular weight excluding hydrogens is 372 g/mol. The predicted octanol–water partition coefficient (Wildman–Crippen LogP) is 3.36. The van der Waals surface area contributed by atoms with Gasteiger partial charge in [0.25, 0.3) is 0 Å². The van der Waals surface area contributed by atoms with Gasteiger partial charge >= 0.3 is 0 Å². The molecule has 1 aromatic heterocycles. The lowest BCUT2D eigenvalue weighted by molar-refractivity contribution is -0.122. The minimum absolute atomic E-state index is 0.0600. The van der Waals surface area contributed by atoms with Crippen molar-refractivity contribution in [2.24, 2.45) is 0 Å². The van der Waals surface area contributed by atoms with E-state index in [0.717, 1.165) is 43.7 Å². The Kier molecular flexibility index (Phi) is 7.43. The SMILES string of the molecule is CC(CCC(=O)NC(c1ccc(Cl)cc1)c1cccnc1)N1CCN(C)CC1. The van der Waals surface area contributed by atoms with E-state index in [2.05, 4.69) is 34.1 Å². The second-order valence-corrected chi connectivity index (χ2v) is 8.00. The number of piperazine rings is 1. The highest BCUT2D eigenvalue weighted by atomic mass is 35.5. The zero-order valence-electron chi connectivity index (χ0n) is 16.6. The molecule has 0 bridgehead atoms. The summed E-state index contributed by atoms with van der Waals surface area (Å²) in [5.74, 6) is 0.0600. The molecule has 0 aliphatic carbocycles. The van der Waals surface area contributed by atoms with Crippen LogP contribution in [0.3, 0.4) is 0 Å². The number of halogens is 1. The Bertz CT molecular complexity index is 745. The minimum atomic E-state index is -0.225. The molecule has 6 heteroatoms. The van der Waals surface area contributed by atoms with Crippen LogP contribution in [-0.2, 0) is 4.79 Å². The van der Waals surface area contributed by atoms with Gasteiger partial charge in [0.1, 0.15) is 0 Å². The highest BCUT2D eigenvalue weighted by molar-refractivity contribution is 6.30. The van der Waals surface area contributed by atoms with Gasteiger partial charge in [0.05, 0.1) is 6.04 Å². The average molecular weight is 401 g/mol. The largest absolute Gasteiger partial charge is 0.345 e. The first-order valence-corrected chi connectivity index (χ1v) is 10.3. The number of rotatable bonds is 7. The third-order valence-corrected chi connectivity index (χ3v) is 5.73. The zero-order valence-corrected chi connectivity index (χ0v) is 17.4. The van der Waals surface area contributed by atoms with E-state index in [4.69, 9.17) is 11.6 Å². The number of pyridine rings is 1. The standard InChI is InChI=1S/C22H29ClN4O/c1-17(27-14-12-26(2)13-15-27)5-10-21(28)25-22(19-4-3-11-24-16-19)18-6-8-20(23)9-7-18/h3-4,6-9,11,16-17,22H,5,10,12-15H2,1-2H3,(H,25,28). The van der Waals surface area contributed by atoms with Crippen LogP contribution in [0.4, 0.5) is 0 Å². The molecule has 5 nitrogen and oxygen atoms in total. The minimum Gasteiger partial charge on any atom is -0.345 e. The van der Waals surface area contributed by atoms with Gasteiger partial charge < -0.3 is 10.2 Å². The highest BCUT2D eigenvalue weighted by Gasteiger charge is 2.21. The number of carbonyl (C=O) groups is 1. The van der Waals surface area contributed by atoms with Crippen LogP contribution in [0.15, 0.2) is 48.8 Å². The maximum absolute atomic E-state index is 12.7. The summed E-state index contributed by atoms with van der Waals surface area (Å²) in [4.78, 5) is 21.8. The fourth-order valence-corrected chi connectivity index (χ4v) is 3.71. The van der Waals surface area contributed by atoms with Crippen molar-refractivity contribution in [1.29, 1.82) is 0 Å². The number of nitrogens with zero attached hydrogens (tertiary/aromatic N) is 3. The fourth-order valence-electron chi connectivity index (χ4n) is 3.58. The molecule has 2 heterocycles. The summed E-state index contributed by atoms with van der Waals surface area (Å²) in [6.07, 6.45) is 4.90. The third kappa shape index (κ3) is 5.77. The number of hydrogen-bond acceptors (Lipinski definition) is 4. The molecule has 2 unspecified atom stereocenters. The molecule has 1 aliphatic heterocycles. The van der Waals surface area contributed by atoms with Crippen LogP contribution >= 0.6 is 11.6 Å². The molecule has 0 saturated carbocycles. The van der Waals surface area contributed by atoms with E-state index in [-0.39, 0.29) is 11.9 Å². The molecule has 0 radical (unpaired) electrons. The lowest BCUT2D eigenvalue weighted by atomic mass is 9.99. The molecule has 150 valence electrons. The van der Waals surface area contributed by atoms with Crippen LogP contribution < -0.4 is 5.32 Å². The van der Waals surface area contributed by atoms with Gasteiger partial charge in [-0.15, -0.1) is 0 Å². The van der Waals surface area contributed by atoms with Gasteiger partial charge in [0.2, 0.25) is 5.91 Å². The molecule has 2 atom stereocenters. The third-order valence-electron chi connectivity index (χ3n) is 5.48. The second-order valence-electron chi connectivity index (χ2n) is 7.57. The summed E-state index contributed by atoms with van der Waals surface area (Å²) >= 11 is 6.03. The van der Waals surface area contributed by atoms with E-state index in [1.807, 2.05) is 36.4 Å². The van der Waals surface area contributed by atoms with Crippen molar-refractivity contribution in [1.82, 2.24) is 20.1 Å². The first kappa shape index (κ1) is 20.8. The second kappa shape index (κ2) is 10.0. The molecule has 1 N–H and O–H groups in total. The number of benzene rings is 1. The van der Waals surface area contributed by atoms with Crippen molar-refractivity contribution >= 4 is 17.5 Å². The highest BCUT2D eigenvalue weighted by Crippen LogP contribution is 2.23. The smallest absolute Gasteiger partial charge is 0.220 e. The maximum atomic E-state index is 12.7.